The van der Waals surface area contributed by atoms with Crippen LogP contribution in [-0.2, 0) is 0 Å². The van der Waals surface area contributed by atoms with Gasteiger partial charge in [-0.15, -0.1) is 13.2 Å². The summed E-state index contributed by atoms with van der Waals surface area (Å²) in [6, 6.07) is 0. The summed E-state index contributed by atoms with van der Waals surface area (Å²) in [6.45, 7) is 0. The van der Waals surface area contributed by atoms with Gasteiger partial charge in [0.25, 0.3) is 6.43 Å². The first-order chi connectivity index (χ1) is 7.76. The molecule has 0 aliphatic heterocycles. The normalized spacial score (nSPS) is 11.8. The van der Waals surface area contributed by atoms with Gasteiger partial charge < -0.3 is 9.47 Å². The number of rotatable bonds is 3. The van der Waals surface area contributed by atoms with E-state index in [0.717, 1.165) is 7.11 Å². The molecule has 0 amide bonds. The Kier molecular flexibility index (Phi) is 4.33. The predicted octanol–water partition coefficient (Wildman–Crippen LogP) is 3.53. The minimum atomic E-state index is -4.96. The van der Waals surface area contributed by atoms with E-state index in [1.807, 2.05) is 0 Å². The Morgan fingerprint density at radius 1 is 1.35 bits per heavy atom. The van der Waals surface area contributed by atoms with E-state index in [2.05, 4.69) is 14.5 Å². The van der Waals surface area contributed by atoms with Gasteiger partial charge in [-0.05, 0) is 22.6 Å². The predicted molar refractivity (Wildman–Crippen MR) is 55.1 cm³/mol. The molecule has 0 unspecified atom stereocenters. The number of methoxy groups -OCH3 is 1. The summed E-state index contributed by atoms with van der Waals surface area (Å²) in [4.78, 5) is 3.33. The van der Waals surface area contributed by atoms with Gasteiger partial charge in [0.1, 0.15) is 0 Å². The highest BCUT2D eigenvalue weighted by Crippen LogP contribution is 2.38. The molecule has 1 aromatic heterocycles. The molecule has 0 N–H and O–H groups in total. The average Bonchev–Trinajstić information content (AvgIpc) is 2.18. The molecule has 96 valence electrons. The van der Waals surface area contributed by atoms with E-state index in [9.17, 15) is 22.0 Å². The number of ether oxygens (including phenoxy) is 2. The highest BCUT2D eigenvalue weighted by Gasteiger charge is 2.34. The van der Waals surface area contributed by atoms with Crippen LogP contribution < -0.4 is 9.47 Å². The maximum atomic E-state index is 12.6. The standard InChI is InChI=1S/C8H5F5INO2/c1-16-7-4(6(9)10)5(14)3(2-15-7)17-8(11,12)13/h2,6H,1H3. The second kappa shape index (κ2) is 5.19. The van der Waals surface area contributed by atoms with E-state index in [1.54, 1.807) is 0 Å². The van der Waals surface area contributed by atoms with Crippen molar-refractivity contribution in [2.75, 3.05) is 7.11 Å². The third kappa shape index (κ3) is 3.54. The molecule has 0 aromatic carbocycles. The largest absolute Gasteiger partial charge is 0.573 e. The molecule has 1 heterocycles. The van der Waals surface area contributed by atoms with Crippen molar-refractivity contribution in [2.24, 2.45) is 0 Å². The second-order valence-corrected chi connectivity index (χ2v) is 3.79. The zero-order valence-corrected chi connectivity index (χ0v) is 10.3. The van der Waals surface area contributed by atoms with Crippen molar-refractivity contribution >= 4 is 22.6 Å². The minimum absolute atomic E-state index is 0.387. The van der Waals surface area contributed by atoms with Gasteiger partial charge in [0.05, 0.1) is 22.4 Å². The Hall–Kier alpha value is -0.870. The van der Waals surface area contributed by atoms with Crippen molar-refractivity contribution in [3.63, 3.8) is 0 Å². The lowest BCUT2D eigenvalue weighted by Gasteiger charge is -2.14. The monoisotopic (exact) mass is 369 g/mol. The third-order valence-corrected chi connectivity index (χ3v) is 2.73. The Bertz CT molecular complexity index is 410. The molecule has 17 heavy (non-hydrogen) atoms. The van der Waals surface area contributed by atoms with Crippen LogP contribution >= 0.6 is 22.6 Å². The quantitative estimate of drug-likeness (QED) is 0.604. The van der Waals surface area contributed by atoms with Crippen LogP contribution in [0.5, 0.6) is 11.6 Å². The van der Waals surface area contributed by atoms with Gasteiger partial charge in [0.2, 0.25) is 5.88 Å². The number of hydrogen-bond acceptors (Lipinski definition) is 3. The number of aromatic nitrogens is 1. The first-order valence-corrected chi connectivity index (χ1v) is 5.10. The summed E-state index contributed by atoms with van der Waals surface area (Å²) < 4.78 is 68.9. The fraction of sp³-hybridized carbons (Fsp3) is 0.375. The van der Waals surface area contributed by atoms with Crippen molar-refractivity contribution in [1.82, 2.24) is 4.98 Å². The maximum absolute atomic E-state index is 12.6. The van der Waals surface area contributed by atoms with E-state index in [4.69, 9.17) is 0 Å². The van der Waals surface area contributed by atoms with Crippen molar-refractivity contribution in [3.05, 3.63) is 15.3 Å². The number of hydrogen-bond donors (Lipinski definition) is 0. The number of alkyl halides is 5. The van der Waals surface area contributed by atoms with Crippen LogP contribution in [0.1, 0.15) is 12.0 Å². The Morgan fingerprint density at radius 3 is 2.35 bits per heavy atom. The summed E-state index contributed by atoms with van der Waals surface area (Å²) >= 11 is 1.32. The first kappa shape index (κ1) is 14.2. The molecule has 0 bridgehead atoms. The highest BCUT2D eigenvalue weighted by atomic mass is 127. The zero-order valence-electron chi connectivity index (χ0n) is 8.19. The maximum Gasteiger partial charge on any atom is 0.573 e. The van der Waals surface area contributed by atoms with Crippen molar-refractivity contribution in [1.29, 1.82) is 0 Å². The summed E-state index contributed by atoms with van der Waals surface area (Å²) in [5.74, 6) is -1.21. The Labute approximate surface area is 106 Å². The van der Waals surface area contributed by atoms with Crippen LogP contribution in [-0.4, -0.2) is 18.5 Å². The molecule has 3 nitrogen and oxygen atoms in total. The van der Waals surface area contributed by atoms with Gasteiger partial charge in [-0.2, -0.15) is 0 Å². The summed E-state index contributed by atoms with van der Waals surface area (Å²) in [7, 11) is 1.09. The molecule has 0 aliphatic carbocycles. The number of nitrogens with zero attached hydrogens (tertiary/aromatic N) is 1. The molecule has 0 radical (unpaired) electrons. The van der Waals surface area contributed by atoms with E-state index >= 15 is 0 Å². The molecule has 0 spiro atoms. The summed E-state index contributed by atoms with van der Waals surface area (Å²) in [6.07, 6.45) is -7.30. The van der Waals surface area contributed by atoms with Gasteiger partial charge in [-0.25, -0.2) is 13.8 Å². The molecule has 0 aliphatic rings. The molecule has 9 heteroatoms. The van der Waals surface area contributed by atoms with Crippen LogP contribution in [0.3, 0.4) is 0 Å². The molecular formula is C8H5F5INO2. The van der Waals surface area contributed by atoms with Crippen LogP contribution in [0.4, 0.5) is 22.0 Å². The SMILES string of the molecule is COc1ncc(OC(F)(F)F)c(I)c1C(F)F. The summed E-state index contributed by atoms with van der Waals surface area (Å²) in [5, 5.41) is 0. The molecule has 1 aromatic rings. The topological polar surface area (TPSA) is 31.4 Å². The van der Waals surface area contributed by atoms with Crippen molar-refractivity contribution in [3.8, 4) is 11.6 Å². The summed E-state index contributed by atoms with van der Waals surface area (Å²) in [5.41, 5.74) is -0.727. The molecule has 0 atom stereocenters. The van der Waals surface area contributed by atoms with Gasteiger partial charge in [0.15, 0.2) is 5.75 Å². The molecule has 0 saturated carbocycles. The lowest BCUT2D eigenvalue weighted by Crippen LogP contribution is -2.18. The lowest BCUT2D eigenvalue weighted by atomic mass is 10.2. The van der Waals surface area contributed by atoms with E-state index in [1.165, 1.54) is 22.6 Å². The van der Waals surface area contributed by atoms with Crippen LogP contribution in [0.25, 0.3) is 0 Å². The third-order valence-electron chi connectivity index (χ3n) is 1.62. The minimum Gasteiger partial charge on any atom is -0.481 e. The smallest absolute Gasteiger partial charge is 0.481 e. The highest BCUT2D eigenvalue weighted by molar-refractivity contribution is 14.1. The Balaban J connectivity index is 3.23. The number of pyridine rings is 1. The van der Waals surface area contributed by atoms with Gasteiger partial charge >= 0.3 is 6.36 Å². The Morgan fingerprint density at radius 2 is 1.94 bits per heavy atom. The molecule has 0 fully saturated rings. The van der Waals surface area contributed by atoms with Gasteiger partial charge in [0, 0.05) is 0 Å². The fourth-order valence-electron chi connectivity index (χ4n) is 1.02. The van der Waals surface area contributed by atoms with Gasteiger partial charge in [-0.1, -0.05) is 0 Å². The van der Waals surface area contributed by atoms with Gasteiger partial charge in [-0.3, -0.25) is 0 Å². The van der Waals surface area contributed by atoms with Crippen LogP contribution in [0, 0.1) is 3.57 Å². The first-order valence-electron chi connectivity index (χ1n) is 4.02. The van der Waals surface area contributed by atoms with E-state index < -0.39 is 30.0 Å². The lowest BCUT2D eigenvalue weighted by molar-refractivity contribution is -0.275. The zero-order chi connectivity index (χ0) is 13.2. The van der Waals surface area contributed by atoms with Crippen molar-refractivity contribution in [2.45, 2.75) is 12.8 Å². The average molecular weight is 369 g/mol. The second-order valence-electron chi connectivity index (χ2n) is 2.71. The molecule has 1 rings (SSSR count). The fourth-order valence-corrected chi connectivity index (χ4v) is 1.73. The number of halogens is 6. The van der Waals surface area contributed by atoms with Crippen molar-refractivity contribution < 1.29 is 31.4 Å². The molecule has 0 saturated heterocycles. The molecular weight excluding hydrogens is 364 g/mol. The van der Waals surface area contributed by atoms with E-state index in [-0.39, 0.29) is 3.57 Å². The van der Waals surface area contributed by atoms with Crippen LogP contribution in [0.2, 0.25) is 0 Å². The van der Waals surface area contributed by atoms with Crippen LogP contribution in [0.15, 0.2) is 6.20 Å². The van der Waals surface area contributed by atoms with E-state index in [0.29, 0.717) is 6.20 Å².